The standard InChI is InChI=1S/C17H16BrN3O4S/c1-25-5-4-19-15(22)9-21-8-10(6-14-16(23)20-17(24)26-14)12-7-11(18)2-3-13(12)21/h2-3,6-8H,4-5,9H2,1H3,(H,19,22)(H,20,23,24)/b14-6-. The molecule has 0 radical (unpaired) electrons. The van der Waals surface area contributed by atoms with Crippen LogP contribution in [0, 0.1) is 0 Å². The zero-order valence-corrected chi connectivity index (χ0v) is 16.3. The lowest BCUT2D eigenvalue weighted by Gasteiger charge is -2.07. The highest BCUT2D eigenvalue weighted by Crippen LogP contribution is 2.31. The van der Waals surface area contributed by atoms with E-state index < -0.39 is 5.91 Å². The van der Waals surface area contributed by atoms with Crippen molar-refractivity contribution in [2.75, 3.05) is 20.3 Å². The van der Waals surface area contributed by atoms with Gasteiger partial charge in [0.05, 0.1) is 11.5 Å². The molecule has 0 spiro atoms. The maximum atomic E-state index is 12.1. The molecule has 136 valence electrons. The van der Waals surface area contributed by atoms with E-state index in [0.717, 1.165) is 32.7 Å². The van der Waals surface area contributed by atoms with Gasteiger partial charge in [0, 0.05) is 40.8 Å². The first-order valence-electron chi connectivity index (χ1n) is 7.77. The number of thioether (sulfide) groups is 1. The van der Waals surface area contributed by atoms with Crippen molar-refractivity contribution in [1.82, 2.24) is 15.2 Å². The third-order valence-corrected chi connectivity index (χ3v) is 5.05. The average molecular weight is 438 g/mol. The minimum absolute atomic E-state index is 0.135. The van der Waals surface area contributed by atoms with E-state index in [1.807, 2.05) is 22.8 Å². The maximum Gasteiger partial charge on any atom is 0.290 e. The molecule has 1 fully saturated rings. The first-order chi connectivity index (χ1) is 12.5. The van der Waals surface area contributed by atoms with Gasteiger partial charge in [0.25, 0.3) is 11.1 Å². The number of halogens is 1. The van der Waals surface area contributed by atoms with Crippen molar-refractivity contribution >= 4 is 61.7 Å². The minimum atomic E-state index is -0.409. The number of nitrogens with zero attached hydrogens (tertiary/aromatic N) is 1. The van der Waals surface area contributed by atoms with Crippen molar-refractivity contribution in [2.24, 2.45) is 0 Å². The van der Waals surface area contributed by atoms with Crippen molar-refractivity contribution in [1.29, 1.82) is 0 Å². The molecule has 2 heterocycles. The molecule has 1 aromatic carbocycles. The van der Waals surface area contributed by atoms with Crippen molar-refractivity contribution in [2.45, 2.75) is 6.54 Å². The average Bonchev–Trinajstić information content (AvgIpc) is 3.07. The third-order valence-electron chi connectivity index (χ3n) is 3.74. The SMILES string of the molecule is COCCNC(=O)Cn1cc(/C=C2\SC(=O)NC2=O)c2cc(Br)ccc21. The van der Waals surface area contributed by atoms with Gasteiger partial charge in [-0.15, -0.1) is 0 Å². The van der Waals surface area contributed by atoms with E-state index >= 15 is 0 Å². The molecule has 9 heteroatoms. The molecule has 0 atom stereocenters. The second kappa shape index (κ2) is 8.07. The van der Waals surface area contributed by atoms with Crippen LogP contribution >= 0.6 is 27.7 Å². The Morgan fingerprint density at radius 3 is 2.92 bits per heavy atom. The highest BCUT2D eigenvalue weighted by Gasteiger charge is 2.25. The highest BCUT2D eigenvalue weighted by molar-refractivity contribution is 9.10. The number of amides is 3. The minimum Gasteiger partial charge on any atom is -0.383 e. The van der Waals surface area contributed by atoms with Gasteiger partial charge in [-0.3, -0.25) is 19.7 Å². The summed E-state index contributed by atoms with van der Waals surface area (Å²) >= 11 is 4.31. The number of imide groups is 1. The Labute approximate surface area is 162 Å². The van der Waals surface area contributed by atoms with Gasteiger partial charge < -0.3 is 14.6 Å². The molecule has 1 aliphatic rings. The molecule has 0 bridgehead atoms. The van der Waals surface area contributed by atoms with Crippen LogP contribution in [0.15, 0.2) is 33.8 Å². The van der Waals surface area contributed by atoms with Gasteiger partial charge in [0.2, 0.25) is 5.91 Å². The Kier molecular flexibility index (Phi) is 5.80. The van der Waals surface area contributed by atoms with Gasteiger partial charge in [-0.1, -0.05) is 15.9 Å². The highest BCUT2D eigenvalue weighted by atomic mass is 79.9. The number of nitrogens with one attached hydrogen (secondary N) is 2. The Morgan fingerprint density at radius 1 is 1.42 bits per heavy atom. The number of ether oxygens (including phenoxy) is 1. The molecule has 3 amide bonds. The van der Waals surface area contributed by atoms with Crippen LogP contribution in [0.2, 0.25) is 0 Å². The smallest absolute Gasteiger partial charge is 0.290 e. The molecule has 3 rings (SSSR count). The molecule has 0 unspecified atom stereocenters. The van der Waals surface area contributed by atoms with Gasteiger partial charge in [0.15, 0.2) is 0 Å². The number of benzene rings is 1. The van der Waals surface area contributed by atoms with Crippen LogP contribution in [-0.4, -0.2) is 41.9 Å². The van der Waals surface area contributed by atoms with E-state index in [1.165, 1.54) is 0 Å². The first kappa shape index (κ1) is 18.7. The van der Waals surface area contributed by atoms with Gasteiger partial charge in [-0.2, -0.15) is 0 Å². The lowest BCUT2D eigenvalue weighted by Crippen LogP contribution is -2.30. The summed E-state index contributed by atoms with van der Waals surface area (Å²) in [5, 5.41) is 5.51. The lowest BCUT2D eigenvalue weighted by atomic mass is 10.1. The number of aromatic nitrogens is 1. The summed E-state index contributed by atoms with van der Waals surface area (Å²) in [4.78, 5) is 35.6. The number of rotatable bonds is 6. The Morgan fingerprint density at radius 2 is 2.23 bits per heavy atom. The zero-order valence-electron chi connectivity index (χ0n) is 13.9. The molecule has 26 heavy (non-hydrogen) atoms. The monoisotopic (exact) mass is 437 g/mol. The molecule has 2 N–H and O–H groups in total. The van der Waals surface area contributed by atoms with Crippen LogP contribution in [0.4, 0.5) is 4.79 Å². The topological polar surface area (TPSA) is 89.4 Å². The Hall–Kier alpha value is -2.10. The maximum absolute atomic E-state index is 12.1. The summed E-state index contributed by atoms with van der Waals surface area (Å²) in [7, 11) is 1.57. The van der Waals surface area contributed by atoms with E-state index in [1.54, 1.807) is 19.4 Å². The van der Waals surface area contributed by atoms with E-state index in [-0.39, 0.29) is 17.7 Å². The van der Waals surface area contributed by atoms with Gasteiger partial charge in [-0.25, -0.2) is 0 Å². The van der Waals surface area contributed by atoms with Crippen molar-refractivity contribution < 1.29 is 19.1 Å². The molecule has 7 nitrogen and oxygen atoms in total. The van der Waals surface area contributed by atoms with Crippen LogP contribution in [0.25, 0.3) is 17.0 Å². The molecule has 0 aliphatic carbocycles. The molecule has 1 aliphatic heterocycles. The second-order valence-corrected chi connectivity index (χ2v) is 7.50. The van der Waals surface area contributed by atoms with Gasteiger partial charge >= 0.3 is 0 Å². The molecule has 2 aromatic rings. The zero-order chi connectivity index (χ0) is 18.7. The molecular formula is C17H16BrN3O4S. The molecular weight excluding hydrogens is 422 g/mol. The summed E-state index contributed by atoms with van der Waals surface area (Å²) < 4.78 is 7.62. The molecule has 1 saturated heterocycles. The largest absolute Gasteiger partial charge is 0.383 e. The fraction of sp³-hybridized carbons (Fsp3) is 0.235. The Balaban J connectivity index is 1.93. The summed E-state index contributed by atoms with van der Waals surface area (Å²) in [6.07, 6.45) is 3.47. The number of hydrogen-bond donors (Lipinski definition) is 2. The second-order valence-electron chi connectivity index (χ2n) is 5.57. The number of methoxy groups -OCH3 is 1. The number of hydrogen-bond acceptors (Lipinski definition) is 5. The summed E-state index contributed by atoms with van der Waals surface area (Å²) in [5.74, 6) is -0.544. The Bertz CT molecular complexity index is 922. The van der Waals surface area contributed by atoms with Crippen LogP contribution < -0.4 is 10.6 Å². The third kappa shape index (κ3) is 4.17. The predicted octanol–water partition coefficient (Wildman–Crippen LogP) is 2.49. The van der Waals surface area contributed by atoms with E-state index in [0.29, 0.717) is 18.1 Å². The molecule has 0 saturated carbocycles. The summed E-state index contributed by atoms with van der Waals surface area (Å²) in [6, 6.07) is 5.70. The van der Waals surface area contributed by atoms with Crippen molar-refractivity contribution in [3.8, 4) is 0 Å². The van der Waals surface area contributed by atoms with E-state index in [2.05, 4.69) is 26.6 Å². The number of fused-ring (bicyclic) bond motifs is 1. The van der Waals surface area contributed by atoms with E-state index in [4.69, 9.17) is 4.74 Å². The quantitative estimate of drug-likeness (QED) is 0.535. The van der Waals surface area contributed by atoms with Crippen molar-refractivity contribution in [3.05, 3.63) is 39.3 Å². The molecule has 1 aromatic heterocycles. The first-order valence-corrected chi connectivity index (χ1v) is 9.38. The lowest BCUT2D eigenvalue weighted by molar-refractivity contribution is -0.121. The number of carbonyl (C=O) groups excluding carboxylic acids is 3. The fourth-order valence-corrected chi connectivity index (χ4v) is 3.64. The van der Waals surface area contributed by atoms with Crippen LogP contribution in [0.1, 0.15) is 5.56 Å². The van der Waals surface area contributed by atoms with Gasteiger partial charge in [0.1, 0.15) is 6.54 Å². The van der Waals surface area contributed by atoms with Crippen molar-refractivity contribution in [3.63, 3.8) is 0 Å². The van der Waals surface area contributed by atoms with E-state index in [9.17, 15) is 14.4 Å². The van der Waals surface area contributed by atoms with Crippen LogP contribution in [0.3, 0.4) is 0 Å². The number of carbonyl (C=O) groups is 3. The van der Waals surface area contributed by atoms with Crippen LogP contribution in [0.5, 0.6) is 0 Å². The van der Waals surface area contributed by atoms with Crippen LogP contribution in [-0.2, 0) is 20.9 Å². The summed E-state index contributed by atoms with van der Waals surface area (Å²) in [6.45, 7) is 1.03. The summed E-state index contributed by atoms with van der Waals surface area (Å²) in [5.41, 5.74) is 1.62. The fourth-order valence-electron chi connectivity index (χ4n) is 2.61. The predicted molar refractivity (Wildman–Crippen MR) is 104 cm³/mol. The normalized spacial score (nSPS) is 15.7. The van der Waals surface area contributed by atoms with Gasteiger partial charge in [-0.05, 0) is 36.0 Å².